The number of aliphatic imine (C=N–C) groups is 1. The van der Waals surface area contributed by atoms with Crippen molar-refractivity contribution in [2.45, 2.75) is 19.3 Å². The van der Waals surface area contributed by atoms with E-state index in [0.717, 1.165) is 28.8 Å². The molecule has 2 aromatic carbocycles. The number of hydrogen-bond donors (Lipinski definition) is 0. The molecule has 1 saturated heterocycles. The molecule has 0 atom stereocenters. The van der Waals surface area contributed by atoms with Gasteiger partial charge in [-0.1, -0.05) is 40.2 Å². The lowest BCUT2D eigenvalue weighted by atomic mass is 10.1. The van der Waals surface area contributed by atoms with E-state index in [-0.39, 0.29) is 0 Å². The summed E-state index contributed by atoms with van der Waals surface area (Å²) in [5.74, 6) is 0. The lowest BCUT2D eigenvalue weighted by Crippen LogP contribution is -2.29. The first-order valence-corrected chi connectivity index (χ1v) is 8.26. The van der Waals surface area contributed by atoms with Gasteiger partial charge in [0.15, 0.2) is 0 Å². The predicted molar refractivity (Wildman–Crippen MR) is 93.9 cm³/mol. The van der Waals surface area contributed by atoms with E-state index in [1.165, 1.54) is 24.9 Å². The Bertz CT molecular complexity index is 631. The van der Waals surface area contributed by atoms with Crippen molar-refractivity contribution in [1.29, 1.82) is 0 Å². The molecule has 0 spiro atoms. The topological polar surface area (TPSA) is 15.6 Å². The summed E-state index contributed by atoms with van der Waals surface area (Å²) in [5.41, 5.74) is 3.42. The standard InChI is InChI=1S/C18H19BrN2/c19-16-8-6-7-15(13-16)14-20-17-9-2-3-10-18(17)21-11-4-1-5-12-21/h2-3,6-10,13-14H,1,4-5,11-12H2. The number of nitrogens with zero attached hydrogens (tertiary/aromatic N) is 2. The summed E-state index contributed by atoms with van der Waals surface area (Å²) >= 11 is 3.50. The molecular weight excluding hydrogens is 324 g/mol. The second-order valence-electron chi connectivity index (χ2n) is 5.35. The minimum absolute atomic E-state index is 1.05. The van der Waals surface area contributed by atoms with Crippen LogP contribution in [0.4, 0.5) is 11.4 Å². The number of piperidine rings is 1. The highest BCUT2D eigenvalue weighted by atomic mass is 79.9. The maximum Gasteiger partial charge on any atom is 0.0863 e. The first-order valence-electron chi connectivity index (χ1n) is 7.46. The second-order valence-corrected chi connectivity index (χ2v) is 6.27. The predicted octanol–water partition coefficient (Wildman–Crippen LogP) is 5.19. The molecule has 0 radical (unpaired) electrons. The van der Waals surface area contributed by atoms with E-state index in [1.54, 1.807) is 0 Å². The summed E-state index contributed by atoms with van der Waals surface area (Å²) in [6.07, 6.45) is 5.85. The van der Waals surface area contributed by atoms with Gasteiger partial charge in [-0.05, 0) is 49.1 Å². The van der Waals surface area contributed by atoms with Crippen LogP contribution in [0.2, 0.25) is 0 Å². The summed E-state index contributed by atoms with van der Waals surface area (Å²) in [4.78, 5) is 7.16. The van der Waals surface area contributed by atoms with Crippen LogP contribution in [0.5, 0.6) is 0 Å². The zero-order valence-electron chi connectivity index (χ0n) is 12.0. The molecule has 1 aliphatic heterocycles. The van der Waals surface area contributed by atoms with E-state index in [4.69, 9.17) is 4.99 Å². The summed E-state index contributed by atoms with van der Waals surface area (Å²) in [5, 5.41) is 0. The van der Waals surface area contributed by atoms with E-state index in [1.807, 2.05) is 18.3 Å². The molecule has 2 nitrogen and oxygen atoms in total. The zero-order valence-corrected chi connectivity index (χ0v) is 13.6. The molecule has 0 bridgehead atoms. The lowest BCUT2D eigenvalue weighted by molar-refractivity contribution is 0.578. The normalized spacial score (nSPS) is 15.6. The van der Waals surface area contributed by atoms with Crippen LogP contribution in [0, 0.1) is 0 Å². The number of benzene rings is 2. The van der Waals surface area contributed by atoms with Crippen LogP contribution in [-0.2, 0) is 0 Å². The lowest BCUT2D eigenvalue weighted by Gasteiger charge is -2.29. The Morgan fingerprint density at radius 1 is 0.952 bits per heavy atom. The Morgan fingerprint density at radius 3 is 2.57 bits per heavy atom. The summed E-state index contributed by atoms with van der Waals surface area (Å²) in [6.45, 7) is 2.28. The van der Waals surface area contributed by atoms with Crippen molar-refractivity contribution in [2.75, 3.05) is 18.0 Å². The molecular formula is C18H19BrN2. The van der Waals surface area contributed by atoms with Gasteiger partial charge in [-0.2, -0.15) is 0 Å². The molecule has 21 heavy (non-hydrogen) atoms. The van der Waals surface area contributed by atoms with Gasteiger partial charge in [-0.25, -0.2) is 0 Å². The highest BCUT2D eigenvalue weighted by molar-refractivity contribution is 9.10. The van der Waals surface area contributed by atoms with Gasteiger partial charge >= 0.3 is 0 Å². The van der Waals surface area contributed by atoms with E-state index in [9.17, 15) is 0 Å². The molecule has 3 rings (SSSR count). The smallest absolute Gasteiger partial charge is 0.0863 e. The van der Waals surface area contributed by atoms with E-state index in [2.05, 4.69) is 57.2 Å². The van der Waals surface area contributed by atoms with E-state index >= 15 is 0 Å². The molecule has 0 amide bonds. The number of rotatable bonds is 3. The molecule has 108 valence electrons. The van der Waals surface area contributed by atoms with E-state index < -0.39 is 0 Å². The van der Waals surface area contributed by atoms with E-state index in [0.29, 0.717) is 0 Å². The van der Waals surface area contributed by atoms with Crippen molar-refractivity contribution in [2.24, 2.45) is 4.99 Å². The van der Waals surface area contributed by atoms with Crippen molar-refractivity contribution in [1.82, 2.24) is 0 Å². The first-order chi connectivity index (χ1) is 10.3. The molecule has 0 unspecified atom stereocenters. The molecule has 0 aliphatic carbocycles. The van der Waals surface area contributed by atoms with Gasteiger partial charge in [0.1, 0.15) is 0 Å². The molecule has 1 fully saturated rings. The molecule has 1 aliphatic rings. The van der Waals surface area contributed by atoms with Crippen LogP contribution in [-0.4, -0.2) is 19.3 Å². The molecule has 0 aromatic heterocycles. The molecule has 1 heterocycles. The quantitative estimate of drug-likeness (QED) is 0.700. The van der Waals surface area contributed by atoms with Crippen LogP contribution in [0.3, 0.4) is 0 Å². The average molecular weight is 343 g/mol. The second kappa shape index (κ2) is 6.90. The number of para-hydroxylation sites is 2. The fourth-order valence-corrected chi connectivity index (χ4v) is 3.12. The van der Waals surface area contributed by atoms with Gasteiger partial charge in [0.25, 0.3) is 0 Å². The van der Waals surface area contributed by atoms with Gasteiger partial charge in [-0.15, -0.1) is 0 Å². The zero-order chi connectivity index (χ0) is 14.5. The highest BCUT2D eigenvalue weighted by Crippen LogP contribution is 2.30. The number of hydrogen-bond acceptors (Lipinski definition) is 2. The van der Waals surface area contributed by atoms with Crippen LogP contribution < -0.4 is 4.90 Å². The van der Waals surface area contributed by atoms with Gasteiger partial charge < -0.3 is 4.90 Å². The maximum absolute atomic E-state index is 4.71. The SMILES string of the molecule is Brc1cccc(C=Nc2ccccc2N2CCCCC2)c1. The van der Waals surface area contributed by atoms with Gasteiger partial charge in [0.05, 0.1) is 11.4 Å². The van der Waals surface area contributed by atoms with Crippen molar-refractivity contribution < 1.29 is 0 Å². The summed E-state index contributed by atoms with van der Waals surface area (Å²) < 4.78 is 1.08. The fourth-order valence-electron chi connectivity index (χ4n) is 2.71. The maximum atomic E-state index is 4.71. The van der Waals surface area contributed by atoms with Crippen molar-refractivity contribution >= 4 is 33.5 Å². The van der Waals surface area contributed by atoms with Crippen molar-refractivity contribution in [3.63, 3.8) is 0 Å². The molecule has 0 N–H and O–H groups in total. The van der Waals surface area contributed by atoms with Gasteiger partial charge in [-0.3, -0.25) is 4.99 Å². The number of anilines is 1. The Balaban J connectivity index is 1.85. The average Bonchev–Trinajstić information content (AvgIpc) is 2.54. The van der Waals surface area contributed by atoms with Crippen molar-refractivity contribution in [3.05, 3.63) is 58.6 Å². The van der Waals surface area contributed by atoms with Gasteiger partial charge in [0.2, 0.25) is 0 Å². The highest BCUT2D eigenvalue weighted by Gasteiger charge is 2.13. The third kappa shape index (κ3) is 3.73. The Hall–Kier alpha value is -1.61. The summed E-state index contributed by atoms with van der Waals surface area (Å²) in [6, 6.07) is 16.6. The number of halogens is 1. The Morgan fingerprint density at radius 2 is 1.76 bits per heavy atom. The molecule has 3 heteroatoms. The van der Waals surface area contributed by atoms with Crippen LogP contribution in [0.25, 0.3) is 0 Å². The van der Waals surface area contributed by atoms with Crippen LogP contribution in [0.15, 0.2) is 58.0 Å². The van der Waals surface area contributed by atoms with Crippen LogP contribution in [0.1, 0.15) is 24.8 Å². The third-order valence-corrected chi connectivity index (χ3v) is 4.27. The minimum atomic E-state index is 1.05. The summed E-state index contributed by atoms with van der Waals surface area (Å²) in [7, 11) is 0. The largest absolute Gasteiger partial charge is 0.370 e. The third-order valence-electron chi connectivity index (χ3n) is 3.78. The first kappa shape index (κ1) is 14.3. The molecule has 2 aromatic rings. The monoisotopic (exact) mass is 342 g/mol. The van der Waals surface area contributed by atoms with Crippen molar-refractivity contribution in [3.8, 4) is 0 Å². The molecule has 0 saturated carbocycles. The fraction of sp³-hybridized carbons (Fsp3) is 0.278. The minimum Gasteiger partial charge on any atom is -0.370 e. The Labute approximate surface area is 134 Å². The van der Waals surface area contributed by atoms with Gasteiger partial charge in [0, 0.05) is 23.8 Å². The van der Waals surface area contributed by atoms with Crippen LogP contribution >= 0.6 is 15.9 Å². The Kier molecular flexibility index (Phi) is 4.71.